The molecule has 0 saturated carbocycles. The number of benzene rings is 1. The molecule has 2 rings (SSSR count). The lowest BCUT2D eigenvalue weighted by molar-refractivity contribution is 0.720. The molecule has 2 aromatic rings. The van der Waals surface area contributed by atoms with Gasteiger partial charge in [0.25, 0.3) is 0 Å². The highest BCUT2D eigenvalue weighted by Gasteiger charge is 2.13. The molecule has 15 heavy (non-hydrogen) atoms. The first-order valence-electron chi connectivity index (χ1n) is 4.20. The monoisotopic (exact) mass is 286 g/mol. The van der Waals surface area contributed by atoms with E-state index in [1.54, 1.807) is 23.9 Å². The third-order valence-corrected chi connectivity index (χ3v) is 2.88. The van der Waals surface area contributed by atoms with Crippen LogP contribution in [-0.4, -0.2) is 15.0 Å². The lowest BCUT2D eigenvalue weighted by atomic mass is 10.1. The molecule has 2 N–H and O–H groups in total. The van der Waals surface area contributed by atoms with Crippen molar-refractivity contribution in [2.45, 2.75) is 0 Å². The summed E-state index contributed by atoms with van der Waals surface area (Å²) in [6.45, 7) is 0. The minimum Gasteiger partial charge on any atom is -0.399 e. The van der Waals surface area contributed by atoms with Crippen molar-refractivity contribution < 1.29 is 0 Å². The van der Waals surface area contributed by atoms with Crippen molar-refractivity contribution in [3.63, 3.8) is 0 Å². The number of nitrogens with zero attached hydrogens (tertiary/aromatic N) is 3. The Labute approximate surface area is 100 Å². The zero-order valence-electron chi connectivity index (χ0n) is 7.91. The first kappa shape index (κ1) is 10.4. The van der Waals surface area contributed by atoms with Crippen LogP contribution < -0.4 is 5.73 Å². The Morgan fingerprint density at radius 3 is 2.73 bits per heavy atom. The molecule has 1 heterocycles. The van der Waals surface area contributed by atoms with Crippen LogP contribution in [0.25, 0.3) is 11.3 Å². The second-order valence-electron chi connectivity index (χ2n) is 3.09. The maximum atomic E-state index is 6.10. The third kappa shape index (κ3) is 1.85. The normalized spacial score (nSPS) is 10.6. The lowest BCUT2D eigenvalue weighted by Gasteiger charge is -2.05. The van der Waals surface area contributed by atoms with Gasteiger partial charge in [-0.2, -0.15) is 0 Å². The van der Waals surface area contributed by atoms with Crippen molar-refractivity contribution in [1.29, 1.82) is 0 Å². The van der Waals surface area contributed by atoms with Gasteiger partial charge in [0.2, 0.25) is 0 Å². The molecule has 0 radical (unpaired) electrons. The number of hydrogen-bond acceptors (Lipinski definition) is 3. The molecular formula is C9H8BrClN4. The molecule has 0 saturated heterocycles. The van der Waals surface area contributed by atoms with Gasteiger partial charge in [-0.1, -0.05) is 16.8 Å². The molecule has 78 valence electrons. The van der Waals surface area contributed by atoms with Gasteiger partial charge in [-0.15, -0.1) is 5.10 Å². The number of rotatable bonds is 1. The van der Waals surface area contributed by atoms with Crippen LogP contribution in [0.5, 0.6) is 0 Å². The fraction of sp³-hybridized carbons (Fsp3) is 0.111. The van der Waals surface area contributed by atoms with Gasteiger partial charge >= 0.3 is 0 Å². The fourth-order valence-corrected chi connectivity index (χ4v) is 2.16. The van der Waals surface area contributed by atoms with E-state index in [0.717, 1.165) is 11.3 Å². The van der Waals surface area contributed by atoms with Gasteiger partial charge in [0, 0.05) is 18.3 Å². The first-order chi connectivity index (χ1) is 7.09. The van der Waals surface area contributed by atoms with E-state index < -0.39 is 0 Å². The van der Waals surface area contributed by atoms with Gasteiger partial charge in [-0.3, -0.25) is 0 Å². The van der Waals surface area contributed by atoms with Crippen LogP contribution in [0, 0.1) is 0 Å². The van der Waals surface area contributed by atoms with E-state index in [1.807, 2.05) is 6.07 Å². The predicted octanol–water partition coefficient (Wildman–Crippen LogP) is 2.48. The summed E-state index contributed by atoms with van der Waals surface area (Å²) in [5, 5.41) is 8.37. The zero-order chi connectivity index (χ0) is 11.0. The molecular weight excluding hydrogens is 279 g/mol. The largest absolute Gasteiger partial charge is 0.399 e. The molecule has 1 aromatic heterocycles. The summed E-state index contributed by atoms with van der Waals surface area (Å²) in [5.41, 5.74) is 7.94. The fourth-order valence-electron chi connectivity index (χ4n) is 1.34. The Hall–Kier alpha value is -1.07. The highest BCUT2D eigenvalue weighted by atomic mass is 79.9. The van der Waals surface area contributed by atoms with Crippen LogP contribution in [-0.2, 0) is 7.05 Å². The highest BCUT2D eigenvalue weighted by molar-refractivity contribution is 9.10. The number of nitrogen functional groups attached to an aromatic ring is 1. The van der Waals surface area contributed by atoms with Crippen molar-refractivity contribution >= 4 is 33.2 Å². The average molecular weight is 288 g/mol. The van der Waals surface area contributed by atoms with E-state index in [9.17, 15) is 0 Å². The summed E-state index contributed by atoms with van der Waals surface area (Å²) >= 11 is 9.42. The zero-order valence-corrected chi connectivity index (χ0v) is 10.2. The Kier molecular flexibility index (Phi) is 2.67. The molecule has 0 fully saturated rings. The molecule has 0 bridgehead atoms. The molecule has 4 nitrogen and oxygen atoms in total. The van der Waals surface area contributed by atoms with Gasteiger partial charge in [-0.05, 0) is 34.1 Å². The number of nitrogens with two attached hydrogens (primary N) is 1. The summed E-state index contributed by atoms with van der Waals surface area (Å²) in [7, 11) is 1.81. The van der Waals surface area contributed by atoms with Crippen LogP contribution in [0.4, 0.5) is 5.69 Å². The summed E-state index contributed by atoms with van der Waals surface area (Å²) in [5.74, 6) is 0. The molecule has 0 aliphatic heterocycles. The SMILES string of the molecule is Cn1nnc(Br)c1-c1ccc(N)cc1Cl. The van der Waals surface area contributed by atoms with E-state index in [0.29, 0.717) is 15.3 Å². The van der Waals surface area contributed by atoms with E-state index >= 15 is 0 Å². The van der Waals surface area contributed by atoms with E-state index in [4.69, 9.17) is 17.3 Å². The first-order valence-corrected chi connectivity index (χ1v) is 5.37. The number of anilines is 1. The van der Waals surface area contributed by atoms with Crippen LogP contribution in [0.2, 0.25) is 5.02 Å². The number of halogens is 2. The Bertz CT molecular complexity index is 489. The van der Waals surface area contributed by atoms with Gasteiger partial charge in [0.15, 0.2) is 4.60 Å². The number of hydrogen-bond donors (Lipinski definition) is 1. The van der Waals surface area contributed by atoms with Gasteiger partial charge in [0.1, 0.15) is 5.69 Å². The Balaban J connectivity index is 2.64. The molecule has 0 spiro atoms. The molecule has 0 aliphatic rings. The summed E-state index contributed by atoms with van der Waals surface area (Å²) in [4.78, 5) is 0. The topological polar surface area (TPSA) is 56.7 Å². The second kappa shape index (κ2) is 3.83. The standard InChI is InChI=1S/C9H8BrClN4/c1-15-8(9(10)13-14-15)6-3-2-5(12)4-7(6)11/h2-4H,12H2,1H3. The smallest absolute Gasteiger partial charge is 0.156 e. The van der Waals surface area contributed by atoms with Crippen molar-refractivity contribution in [1.82, 2.24) is 15.0 Å². The predicted molar refractivity (Wildman–Crippen MR) is 63.6 cm³/mol. The molecule has 0 amide bonds. The average Bonchev–Trinajstić information content (AvgIpc) is 2.48. The van der Waals surface area contributed by atoms with Gasteiger partial charge in [-0.25, -0.2) is 4.68 Å². The van der Waals surface area contributed by atoms with E-state index in [1.165, 1.54) is 0 Å². The minimum atomic E-state index is 0.584. The highest BCUT2D eigenvalue weighted by Crippen LogP contribution is 2.32. The number of aromatic nitrogens is 3. The van der Waals surface area contributed by atoms with Crippen LogP contribution in [0.15, 0.2) is 22.8 Å². The van der Waals surface area contributed by atoms with Crippen LogP contribution in [0.3, 0.4) is 0 Å². The third-order valence-electron chi connectivity index (χ3n) is 2.03. The number of aryl methyl sites for hydroxylation is 1. The van der Waals surface area contributed by atoms with Crippen molar-refractivity contribution in [2.75, 3.05) is 5.73 Å². The van der Waals surface area contributed by atoms with Crippen molar-refractivity contribution in [2.24, 2.45) is 7.05 Å². The van der Waals surface area contributed by atoms with E-state index in [2.05, 4.69) is 26.2 Å². The van der Waals surface area contributed by atoms with Gasteiger partial charge < -0.3 is 5.73 Å². The maximum absolute atomic E-state index is 6.10. The Morgan fingerprint density at radius 1 is 1.47 bits per heavy atom. The maximum Gasteiger partial charge on any atom is 0.156 e. The second-order valence-corrected chi connectivity index (χ2v) is 4.25. The summed E-state index contributed by atoms with van der Waals surface area (Å²) in [6, 6.07) is 5.35. The summed E-state index contributed by atoms with van der Waals surface area (Å²) in [6.07, 6.45) is 0. The van der Waals surface area contributed by atoms with Crippen molar-refractivity contribution in [3.05, 3.63) is 27.8 Å². The molecule has 1 aromatic carbocycles. The van der Waals surface area contributed by atoms with Crippen LogP contribution in [0.1, 0.15) is 0 Å². The quantitative estimate of drug-likeness (QED) is 0.820. The lowest BCUT2D eigenvalue weighted by Crippen LogP contribution is -1.95. The molecule has 0 atom stereocenters. The molecule has 0 unspecified atom stereocenters. The Morgan fingerprint density at radius 2 is 2.20 bits per heavy atom. The molecule has 6 heteroatoms. The molecule has 0 aliphatic carbocycles. The minimum absolute atomic E-state index is 0.584. The van der Waals surface area contributed by atoms with Crippen LogP contribution >= 0.6 is 27.5 Å². The van der Waals surface area contributed by atoms with E-state index in [-0.39, 0.29) is 0 Å². The van der Waals surface area contributed by atoms with Crippen molar-refractivity contribution in [3.8, 4) is 11.3 Å². The summed E-state index contributed by atoms with van der Waals surface area (Å²) < 4.78 is 2.32. The van der Waals surface area contributed by atoms with Gasteiger partial charge in [0.05, 0.1) is 5.02 Å².